The highest BCUT2D eigenvalue weighted by Crippen LogP contribution is 2.16. The van der Waals surface area contributed by atoms with Gasteiger partial charge in [-0.15, -0.1) is 0 Å². The zero-order valence-electron chi connectivity index (χ0n) is 7.70. The average molecular weight is 305 g/mol. The number of hydrogen-bond acceptors (Lipinski definition) is 1. The molecular weight excluding hydrogens is 293 g/mol. The molecule has 1 nitrogen and oxygen atoms in total. The number of halogens is 1. The van der Waals surface area contributed by atoms with Crippen LogP contribution in [0.5, 0.6) is 0 Å². The lowest BCUT2D eigenvalue weighted by Gasteiger charge is -1.95. The molecule has 1 aromatic carbocycles. The van der Waals surface area contributed by atoms with E-state index in [1.54, 1.807) is 11.3 Å². The van der Waals surface area contributed by atoms with Crippen molar-refractivity contribution >= 4 is 21.6 Å². The number of aromatic nitrogens is 1. The molecule has 2 aromatic rings. The minimum absolute atomic E-state index is 0. The second-order valence-corrected chi connectivity index (χ2v) is 4.08. The number of fused-ring (bicyclic) bond motifs is 1. The number of benzene rings is 1. The Kier molecular flexibility index (Phi) is 3.67. The average Bonchev–Trinajstić information content (AvgIpc) is 2.47. The van der Waals surface area contributed by atoms with E-state index in [1.807, 2.05) is 0 Å². The molecule has 0 saturated heterocycles. The minimum atomic E-state index is 0. The van der Waals surface area contributed by atoms with Crippen LogP contribution in [-0.4, -0.2) is 0 Å². The van der Waals surface area contributed by atoms with Gasteiger partial charge in [0, 0.05) is 6.07 Å². The van der Waals surface area contributed by atoms with E-state index in [4.69, 9.17) is 0 Å². The fraction of sp³-hybridized carbons (Fsp3) is 0.300. The highest BCUT2D eigenvalue weighted by atomic mass is 127. The van der Waals surface area contributed by atoms with Gasteiger partial charge >= 0.3 is 0 Å². The van der Waals surface area contributed by atoms with Gasteiger partial charge in [0.2, 0.25) is 11.0 Å². The van der Waals surface area contributed by atoms with Gasteiger partial charge in [0.25, 0.3) is 0 Å². The second kappa shape index (κ2) is 4.37. The lowest BCUT2D eigenvalue weighted by molar-refractivity contribution is -0.687. The standard InChI is InChI=1S/C10H12NS.HI/c1-8(2)11-7-12-10-6-4-3-5-9(10)11;/h3-8H,1-2H3;1H/q+1;/p-1. The van der Waals surface area contributed by atoms with Gasteiger partial charge in [-0.3, -0.25) is 0 Å². The molecule has 0 atom stereocenters. The molecule has 13 heavy (non-hydrogen) atoms. The topological polar surface area (TPSA) is 3.88 Å². The van der Waals surface area contributed by atoms with Crippen LogP contribution in [0, 0.1) is 0 Å². The molecule has 0 aliphatic carbocycles. The Morgan fingerprint density at radius 3 is 2.62 bits per heavy atom. The molecule has 0 radical (unpaired) electrons. The molecule has 0 bridgehead atoms. The van der Waals surface area contributed by atoms with Crippen LogP contribution in [0.3, 0.4) is 0 Å². The smallest absolute Gasteiger partial charge is 0.226 e. The van der Waals surface area contributed by atoms with Crippen LogP contribution in [0.2, 0.25) is 0 Å². The number of nitrogens with zero attached hydrogens (tertiary/aromatic N) is 1. The van der Waals surface area contributed by atoms with Crippen molar-refractivity contribution in [2.45, 2.75) is 19.9 Å². The molecular formula is C10H12INS. The maximum Gasteiger partial charge on any atom is 0.226 e. The first-order valence-electron chi connectivity index (χ1n) is 4.16. The third-order valence-electron chi connectivity index (χ3n) is 1.99. The number of hydrogen-bond donors (Lipinski definition) is 0. The summed E-state index contributed by atoms with van der Waals surface area (Å²) in [5, 5.41) is 0. The Morgan fingerprint density at radius 2 is 1.92 bits per heavy atom. The lowest BCUT2D eigenvalue weighted by Crippen LogP contribution is -3.00. The highest BCUT2D eigenvalue weighted by Gasteiger charge is 2.13. The quantitative estimate of drug-likeness (QED) is 0.506. The SMILES string of the molecule is CC(C)[n+]1csc2ccccc21.[I-]. The van der Waals surface area contributed by atoms with E-state index in [1.165, 1.54) is 10.2 Å². The van der Waals surface area contributed by atoms with E-state index in [0.717, 1.165) is 0 Å². The third-order valence-corrected chi connectivity index (χ3v) is 2.92. The Balaban J connectivity index is 0.000000845. The first kappa shape index (κ1) is 10.9. The summed E-state index contributed by atoms with van der Waals surface area (Å²) in [6, 6.07) is 9.07. The van der Waals surface area contributed by atoms with Crippen molar-refractivity contribution in [1.82, 2.24) is 0 Å². The van der Waals surface area contributed by atoms with E-state index >= 15 is 0 Å². The summed E-state index contributed by atoms with van der Waals surface area (Å²) < 4.78 is 3.67. The van der Waals surface area contributed by atoms with Crippen molar-refractivity contribution in [2.24, 2.45) is 0 Å². The molecule has 70 valence electrons. The summed E-state index contributed by atoms with van der Waals surface area (Å²) >= 11 is 1.81. The van der Waals surface area contributed by atoms with E-state index in [-0.39, 0.29) is 24.0 Å². The van der Waals surface area contributed by atoms with Gasteiger partial charge in [-0.05, 0) is 19.9 Å². The largest absolute Gasteiger partial charge is 1.00 e. The molecule has 0 fully saturated rings. The highest BCUT2D eigenvalue weighted by molar-refractivity contribution is 7.16. The van der Waals surface area contributed by atoms with Gasteiger partial charge < -0.3 is 24.0 Å². The van der Waals surface area contributed by atoms with Crippen LogP contribution < -0.4 is 28.5 Å². The van der Waals surface area contributed by atoms with Crippen molar-refractivity contribution in [3.05, 3.63) is 29.8 Å². The van der Waals surface area contributed by atoms with E-state index in [9.17, 15) is 0 Å². The molecule has 0 saturated carbocycles. The Morgan fingerprint density at radius 1 is 1.23 bits per heavy atom. The monoisotopic (exact) mass is 305 g/mol. The summed E-state index contributed by atoms with van der Waals surface area (Å²) in [5.74, 6) is 0. The third kappa shape index (κ3) is 2.02. The molecule has 1 heterocycles. The predicted molar refractivity (Wildman–Crippen MR) is 52.4 cm³/mol. The van der Waals surface area contributed by atoms with Crippen molar-refractivity contribution < 1.29 is 28.5 Å². The van der Waals surface area contributed by atoms with E-state index < -0.39 is 0 Å². The first-order valence-corrected chi connectivity index (χ1v) is 5.04. The number of thiazole rings is 1. The first-order chi connectivity index (χ1) is 5.79. The summed E-state index contributed by atoms with van der Waals surface area (Å²) in [4.78, 5) is 0. The fourth-order valence-corrected chi connectivity index (χ4v) is 2.38. The Labute approximate surface area is 99.4 Å². The zero-order valence-corrected chi connectivity index (χ0v) is 10.7. The van der Waals surface area contributed by atoms with Crippen molar-refractivity contribution in [3.63, 3.8) is 0 Å². The lowest BCUT2D eigenvalue weighted by atomic mass is 10.3. The Hall–Kier alpha value is -0.160. The van der Waals surface area contributed by atoms with Crippen LogP contribution >= 0.6 is 11.3 Å². The summed E-state index contributed by atoms with van der Waals surface area (Å²) in [7, 11) is 0. The zero-order chi connectivity index (χ0) is 8.55. The van der Waals surface area contributed by atoms with Crippen LogP contribution in [0.4, 0.5) is 0 Å². The van der Waals surface area contributed by atoms with Gasteiger partial charge in [-0.2, -0.15) is 4.57 Å². The molecule has 0 unspecified atom stereocenters. The van der Waals surface area contributed by atoms with Crippen LogP contribution in [-0.2, 0) is 0 Å². The predicted octanol–water partition coefficient (Wildman–Crippen LogP) is -0.226. The van der Waals surface area contributed by atoms with Gasteiger partial charge in [0.1, 0.15) is 4.70 Å². The molecule has 0 spiro atoms. The minimum Gasteiger partial charge on any atom is -1.00 e. The summed E-state index contributed by atoms with van der Waals surface area (Å²) in [6.07, 6.45) is 0. The van der Waals surface area contributed by atoms with Crippen molar-refractivity contribution in [3.8, 4) is 0 Å². The van der Waals surface area contributed by atoms with Gasteiger partial charge in [-0.1, -0.05) is 23.5 Å². The second-order valence-electron chi connectivity index (χ2n) is 3.19. The molecule has 3 heteroatoms. The van der Waals surface area contributed by atoms with Crippen molar-refractivity contribution in [2.75, 3.05) is 0 Å². The number of para-hydroxylation sites is 1. The molecule has 0 amide bonds. The maximum atomic E-state index is 2.31. The molecule has 1 aromatic heterocycles. The van der Waals surface area contributed by atoms with Gasteiger partial charge in [0.15, 0.2) is 6.04 Å². The fourth-order valence-electron chi connectivity index (χ4n) is 1.34. The van der Waals surface area contributed by atoms with Crippen LogP contribution in [0.25, 0.3) is 10.2 Å². The molecule has 0 aliphatic rings. The normalized spacial score (nSPS) is 10.4. The summed E-state index contributed by atoms with van der Waals surface area (Å²) in [6.45, 7) is 4.42. The van der Waals surface area contributed by atoms with Crippen molar-refractivity contribution in [1.29, 1.82) is 0 Å². The summed E-state index contributed by atoms with van der Waals surface area (Å²) in [5.41, 5.74) is 3.53. The van der Waals surface area contributed by atoms with E-state index in [0.29, 0.717) is 6.04 Å². The Bertz CT molecular complexity index is 394. The van der Waals surface area contributed by atoms with Gasteiger partial charge in [0.05, 0.1) is 0 Å². The van der Waals surface area contributed by atoms with Gasteiger partial charge in [-0.25, -0.2) is 0 Å². The van der Waals surface area contributed by atoms with E-state index in [2.05, 4.69) is 48.2 Å². The van der Waals surface area contributed by atoms with Crippen LogP contribution in [0.1, 0.15) is 19.9 Å². The molecule has 0 aliphatic heterocycles. The molecule has 2 rings (SSSR count). The maximum absolute atomic E-state index is 2.31. The molecule has 0 N–H and O–H groups in total. The number of rotatable bonds is 1. The van der Waals surface area contributed by atoms with Crippen LogP contribution in [0.15, 0.2) is 29.8 Å².